The lowest BCUT2D eigenvalue weighted by molar-refractivity contribution is 0.0782. The molecule has 1 aromatic carbocycles. The first-order valence-corrected chi connectivity index (χ1v) is 10.2. The number of halogens is 1. The Morgan fingerprint density at radius 1 is 1.13 bits per heavy atom. The van der Waals surface area contributed by atoms with Gasteiger partial charge < -0.3 is 14.5 Å². The van der Waals surface area contributed by atoms with Crippen molar-refractivity contribution in [2.24, 2.45) is 11.8 Å². The molecule has 4 heterocycles. The number of ether oxygens (including phenoxy) is 1. The molecule has 2 aliphatic rings. The van der Waals surface area contributed by atoms with Crippen molar-refractivity contribution in [2.75, 3.05) is 38.2 Å². The molecule has 156 valence electrons. The van der Waals surface area contributed by atoms with Gasteiger partial charge in [0.05, 0.1) is 7.11 Å². The third-order valence-corrected chi connectivity index (χ3v) is 6.13. The van der Waals surface area contributed by atoms with Crippen LogP contribution in [0.15, 0.2) is 30.3 Å². The number of methoxy groups -OCH3 is 1. The number of hydrogen-bond donors (Lipinski definition) is 0. The van der Waals surface area contributed by atoms with E-state index >= 15 is 0 Å². The molecule has 0 N–H and O–H groups in total. The van der Waals surface area contributed by atoms with E-state index in [0.717, 1.165) is 36.8 Å². The van der Waals surface area contributed by atoms with E-state index in [1.165, 1.54) is 19.2 Å². The van der Waals surface area contributed by atoms with Crippen LogP contribution in [0.2, 0.25) is 0 Å². The molecule has 9 heteroatoms. The number of carbonyl (C=O) groups is 1. The zero-order chi connectivity index (χ0) is 20.8. The molecule has 30 heavy (non-hydrogen) atoms. The molecule has 3 aromatic rings. The molecule has 0 spiro atoms. The number of carbonyl (C=O) groups excluding carboxylic acids is 1. The van der Waals surface area contributed by atoms with Gasteiger partial charge >= 0.3 is 0 Å². The summed E-state index contributed by atoms with van der Waals surface area (Å²) >= 11 is 0. The maximum atomic E-state index is 14.0. The Balaban J connectivity index is 1.28. The maximum Gasteiger partial charge on any atom is 0.253 e. The summed E-state index contributed by atoms with van der Waals surface area (Å²) in [5, 5.41) is 13.0. The minimum Gasteiger partial charge on any atom is -0.494 e. The number of benzene rings is 1. The van der Waals surface area contributed by atoms with E-state index in [0.29, 0.717) is 30.5 Å². The second-order valence-corrected chi connectivity index (χ2v) is 7.92. The van der Waals surface area contributed by atoms with Crippen molar-refractivity contribution >= 4 is 17.4 Å². The van der Waals surface area contributed by atoms with Crippen LogP contribution in [-0.2, 0) is 6.42 Å². The first-order chi connectivity index (χ1) is 14.6. The number of rotatable bonds is 4. The Kier molecular flexibility index (Phi) is 4.52. The zero-order valence-corrected chi connectivity index (χ0v) is 17.0. The second-order valence-electron chi connectivity index (χ2n) is 7.92. The third-order valence-electron chi connectivity index (χ3n) is 6.13. The summed E-state index contributed by atoms with van der Waals surface area (Å²) in [4.78, 5) is 16.9. The van der Waals surface area contributed by atoms with Gasteiger partial charge in [-0.3, -0.25) is 4.79 Å². The van der Waals surface area contributed by atoms with Crippen LogP contribution in [0, 0.1) is 17.7 Å². The van der Waals surface area contributed by atoms with Gasteiger partial charge in [0.25, 0.3) is 5.91 Å². The Labute approximate surface area is 173 Å². The molecule has 0 radical (unpaired) electrons. The number of hydrogen-bond acceptors (Lipinski definition) is 6. The molecular formula is C21H23FN6O2. The summed E-state index contributed by atoms with van der Waals surface area (Å²) in [6.45, 7) is 5.05. The summed E-state index contributed by atoms with van der Waals surface area (Å²) in [6, 6.07) is 8.29. The average Bonchev–Trinajstić information content (AvgIpc) is 3.45. The predicted molar refractivity (Wildman–Crippen MR) is 108 cm³/mol. The van der Waals surface area contributed by atoms with E-state index in [-0.39, 0.29) is 11.7 Å². The van der Waals surface area contributed by atoms with Gasteiger partial charge in [0.2, 0.25) is 0 Å². The van der Waals surface area contributed by atoms with Gasteiger partial charge in [0, 0.05) is 50.0 Å². The van der Waals surface area contributed by atoms with Crippen molar-refractivity contribution in [1.29, 1.82) is 0 Å². The molecule has 2 aliphatic heterocycles. The molecule has 0 aliphatic carbocycles. The number of nitrogens with zero attached hydrogens (tertiary/aromatic N) is 6. The van der Waals surface area contributed by atoms with Gasteiger partial charge in [-0.1, -0.05) is 6.92 Å². The summed E-state index contributed by atoms with van der Waals surface area (Å²) in [5.74, 6) is 1.99. The van der Waals surface area contributed by atoms with Gasteiger partial charge in [-0.25, -0.2) is 4.39 Å². The first-order valence-electron chi connectivity index (χ1n) is 10.2. The van der Waals surface area contributed by atoms with Crippen LogP contribution < -0.4 is 9.64 Å². The summed E-state index contributed by atoms with van der Waals surface area (Å²) in [7, 11) is 1.41. The Morgan fingerprint density at radius 2 is 1.90 bits per heavy atom. The normalized spacial score (nSPS) is 20.8. The van der Waals surface area contributed by atoms with Crippen LogP contribution in [0.4, 0.5) is 10.2 Å². The highest BCUT2D eigenvalue weighted by molar-refractivity contribution is 5.94. The Hall–Kier alpha value is -3.23. The van der Waals surface area contributed by atoms with Gasteiger partial charge in [0.15, 0.2) is 23.0 Å². The number of aromatic nitrogens is 4. The van der Waals surface area contributed by atoms with Crippen molar-refractivity contribution in [3.05, 3.63) is 47.5 Å². The van der Waals surface area contributed by atoms with E-state index in [4.69, 9.17) is 9.84 Å². The van der Waals surface area contributed by atoms with Crippen LogP contribution in [0.3, 0.4) is 0 Å². The first kappa shape index (κ1) is 18.8. The van der Waals surface area contributed by atoms with Crippen LogP contribution in [0.1, 0.15) is 23.1 Å². The molecule has 0 saturated carbocycles. The van der Waals surface area contributed by atoms with Gasteiger partial charge in [-0.15, -0.1) is 15.3 Å². The van der Waals surface area contributed by atoms with Crippen LogP contribution >= 0.6 is 0 Å². The van der Waals surface area contributed by atoms with E-state index in [1.54, 1.807) is 10.6 Å². The lowest BCUT2D eigenvalue weighted by atomic mass is 10.0. The van der Waals surface area contributed by atoms with Gasteiger partial charge in [-0.05, 0) is 30.3 Å². The molecule has 2 fully saturated rings. The topological polar surface area (TPSA) is 75.9 Å². The summed E-state index contributed by atoms with van der Waals surface area (Å²) in [6.07, 6.45) is 0.770. The third kappa shape index (κ3) is 3.05. The summed E-state index contributed by atoms with van der Waals surface area (Å²) in [5.41, 5.74) is 1.11. The van der Waals surface area contributed by atoms with Crippen molar-refractivity contribution in [3.8, 4) is 5.75 Å². The molecule has 1 amide bonds. The fourth-order valence-corrected chi connectivity index (χ4v) is 4.54. The smallest absolute Gasteiger partial charge is 0.253 e. The van der Waals surface area contributed by atoms with E-state index < -0.39 is 5.82 Å². The molecule has 2 saturated heterocycles. The maximum absolute atomic E-state index is 14.0. The van der Waals surface area contributed by atoms with Crippen LogP contribution in [0.5, 0.6) is 5.75 Å². The minimum atomic E-state index is -0.518. The molecular weight excluding hydrogens is 387 g/mol. The molecule has 8 nitrogen and oxygen atoms in total. The van der Waals surface area contributed by atoms with Crippen LogP contribution in [0.25, 0.3) is 5.65 Å². The average molecular weight is 410 g/mol. The van der Waals surface area contributed by atoms with E-state index in [1.807, 2.05) is 24.0 Å². The summed E-state index contributed by atoms with van der Waals surface area (Å²) < 4.78 is 20.7. The Bertz CT molecular complexity index is 1100. The molecule has 2 atom stereocenters. The predicted octanol–water partition coefficient (Wildman–Crippen LogP) is 2.04. The van der Waals surface area contributed by atoms with Crippen molar-refractivity contribution in [3.63, 3.8) is 0 Å². The number of likely N-dealkylation sites (tertiary alicyclic amines) is 1. The highest BCUT2D eigenvalue weighted by atomic mass is 19.1. The van der Waals surface area contributed by atoms with E-state index in [2.05, 4.69) is 15.1 Å². The van der Waals surface area contributed by atoms with Crippen molar-refractivity contribution in [1.82, 2.24) is 24.7 Å². The standard InChI is InChI=1S/C21H23FN6O2/c1-3-18-23-24-19-6-7-20(25-28(18)19)26-9-14-11-27(12-15(14)10-26)21(29)13-4-5-17(30-2)16(22)8-13/h4-8,14-15H,3,9-12H2,1-2H3. The van der Waals surface area contributed by atoms with Crippen LogP contribution in [-0.4, -0.2) is 63.9 Å². The molecule has 2 aromatic heterocycles. The fraction of sp³-hybridized carbons (Fsp3) is 0.429. The Morgan fingerprint density at radius 3 is 2.57 bits per heavy atom. The highest BCUT2D eigenvalue weighted by Crippen LogP contribution is 2.34. The SMILES string of the molecule is CCc1nnc2ccc(N3CC4CN(C(=O)c5ccc(OC)c(F)c5)CC4C3)nn12. The number of amides is 1. The number of fused-ring (bicyclic) bond motifs is 2. The number of anilines is 1. The molecule has 5 rings (SSSR count). The largest absolute Gasteiger partial charge is 0.494 e. The fourth-order valence-electron chi connectivity index (χ4n) is 4.54. The van der Waals surface area contributed by atoms with E-state index in [9.17, 15) is 9.18 Å². The van der Waals surface area contributed by atoms with Crippen molar-refractivity contribution < 1.29 is 13.9 Å². The van der Waals surface area contributed by atoms with Crippen molar-refractivity contribution in [2.45, 2.75) is 13.3 Å². The number of aryl methyl sites for hydroxylation is 1. The second kappa shape index (κ2) is 7.23. The lowest BCUT2D eigenvalue weighted by Gasteiger charge is -2.22. The van der Waals surface area contributed by atoms with Gasteiger partial charge in [0.1, 0.15) is 5.82 Å². The minimum absolute atomic E-state index is 0.130. The quantitative estimate of drug-likeness (QED) is 0.655. The lowest BCUT2D eigenvalue weighted by Crippen LogP contribution is -2.33. The monoisotopic (exact) mass is 410 g/mol. The zero-order valence-electron chi connectivity index (χ0n) is 17.0. The highest BCUT2D eigenvalue weighted by Gasteiger charge is 2.42. The molecule has 2 unspecified atom stereocenters. The van der Waals surface area contributed by atoms with Gasteiger partial charge in [-0.2, -0.15) is 4.52 Å². The molecule has 0 bridgehead atoms.